The lowest BCUT2D eigenvalue weighted by Gasteiger charge is -2.22. The van der Waals surface area contributed by atoms with Crippen molar-refractivity contribution in [1.82, 2.24) is 4.98 Å². The molecule has 0 amide bonds. The molecule has 1 unspecified atom stereocenters. The zero-order valence-corrected chi connectivity index (χ0v) is 11.9. The van der Waals surface area contributed by atoms with Crippen LogP contribution < -0.4 is 5.32 Å². The van der Waals surface area contributed by atoms with Crippen LogP contribution in [-0.4, -0.2) is 11.5 Å². The van der Waals surface area contributed by atoms with Gasteiger partial charge in [0.25, 0.3) is 0 Å². The van der Waals surface area contributed by atoms with Gasteiger partial charge in [-0.25, -0.2) is 0 Å². The molecule has 0 fully saturated rings. The molecule has 1 aromatic heterocycles. The number of rotatable bonds is 5. The van der Waals surface area contributed by atoms with Crippen LogP contribution in [0.15, 0.2) is 48.7 Å². The SMILES string of the molecule is Cc1ncccc1NCC(c1ccccc1)C(C)C. The van der Waals surface area contributed by atoms with Crippen molar-refractivity contribution in [2.24, 2.45) is 5.92 Å². The molecule has 2 heteroatoms. The second kappa shape index (κ2) is 6.37. The number of aryl methyl sites for hydroxylation is 1. The molecular formula is C17H22N2. The molecule has 1 atom stereocenters. The van der Waals surface area contributed by atoms with Crippen molar-refractivity contribution in [1.29, 1.82) is 0 Å². The summed E-state index contributed by atoms with van der Waals surface area (Å²) in [4.78, 5) is 4.31. The average Bonchev–Trinajstić information content (AvgIpc) is 2.42. The molecule has 1 aromatic carbocycles. The van der Waals surface area contributed by atoms with Crippen LogP contribution in [0.25, 0.3) is 0 Å². The first kappa shape index (κ1) is 13.6. The van der Waals surface area contributed by atoms with Crippen LogP contribution in [0.3, 0.4) is 0 Å². The Morgan fingerprint density at radius 1 is 1.05 bits per heavy atom. The minimum Gasteiger partial charge on any atom is -0.383 e. The van der Waals surface area contributed by atoms with Gasteiger partial charge in [0.2, 0.25) is 0 Å². The zero-order valence-electron chi connectivity index (χ0n) is 11.9. The highest BCUT2D eigenvalue weighted by atomic mass is 14.9. The second-order valence-electron chi connectivity index (χ2n) is 5.28. The minimum atomic E-state index is 0.515. The molecule has 1 N–H and O–H groups in total. The van der Waals surface area contributed by atoms with Crippen molar-refractivity contribution < 1.29 is 0 Å². The third-order valence-corrected chi connectivity index (χ3v) is 3.55. The summed E-state index contributed by atoms with van der Waals surface area (Å²) in [6, 6.07) is 14.8. The van der Waals surface area contributed by atoms with E-state index in [-0.39, 0.29) is 0 Å². The number of benzene rings is 1. The smallest absolute Gasteiger partial charge is 0.0603 e. The fraction of sp³-hybridized carbons (Fsp3) is 0.353. The number of pyridine rings is 1. The summed E-state index contributed by atoms with van der Waals surface area (Å²) in [5, 5.41) is 3.53. The number of aromatic nitrogens is 1. The predicted octanol–water partition coefficient (Wildman–Crippen LogP) is 4.24. The number of anilines is 1. The molecule has 0 aliphatic rings. The maximum atomic E-state index is 4.31. The molecule has 19 heavy (non-hydrogen) atoms. The van der Waals surface area contributed by atoms with Crippen molar-refractivity contribution in [3.63, 3.8) is 0 Å². The normalized spacial score (nSPS) is 12.4. The number of hydrogen-bond acceptors (Lipinski definition) is 2. The molecule has 0 radical (unpaired) electrons. The fourth-order valence-electron chi connectivity index (χ4n) is 2.33. The monoisotopic (exact) mass is 254 g/mol. The summed E-state index contributed by atoms with van der Waals surface area (Å²) in [5.41, 5.74) is 3.58. The van der Waals surface area contributed by atoms with Crippen molar-refractivity contribution in [2.75, 3.05) is 11.9 Å². The number of nitrogens with zero attached hydrogens (tertiary/aromatic N) is 1. The number of nitrogens with one attached hydrogen (secondary N) is 1. The van der Waals surface area contributed by atoms with Gasteiger partial charge in [-0.3, -0.25) is 4.98 Å². The van der Waals surface area contributed by atoms with Crippen molar-refractivity contribution in [3.8, 4) is 0 Å². The van der Waals surface area contributed by atoms with E-state index in [1.807, 2.05) is 19.2 Å². The third-order valence-electron chi connectivity index (χ3n) is 3.55. The molecule has 0 spiro atoms. The van der Waals surface area contributed by atoms with Gasteiger partial charge >= 0.3 is 0 Å². The highest BCUT2D eigenvalue weighted by Crippen LogP contribution is 2.25. The Balaban J connectivity index is 2.09. The first-order valence-corrected chi connectivity index (χ1v) is 6.89. The van der Waals surface area contributed by atoms with E-state index < -0.39 is 0 Å². The summed E-state index contributed by atoms with van der Waals surface area (Å²) >= 11 is 0. The lowest BCUT2D eigenvalue weighted by atomic mass is 9.88. The van der Waals surface area contributed by atoms with E-state index in [0.29, 0.717) is 11.8 Å². The van der Waals surface area contributed by atoms with E-state index in [9.17, 15) is 0 Å². The first-order valence-electron chi connectivity index (χ1n) is 6.89. The molecule has 0 bridgehead atoms. The summed E-state index contributed by atoms with van der Waals surface area (Å²) in [7, 11) is 0. The van der Waals surface area contributed by atoms with Gasteiger partial charge in [-0.2, -0.15) is 0 Å². The molecule has 0 saturated carbocycles. The van der Waals surface area contributed by atoms with Crippen LogP contribution in [0.2, 0.25) is 0 Å². The second-order valence-corrected chi connectivity index (χ2v) is 5.28. The molecule has 2 aromatic rings. The van der Waals surface area contributed by atoms with E-state index >= 15 is 0 Å². The maximum Gasteiger partial charge on any atom is 0.0603 e. The molecular weight excluding hydrogens is 232 g/mol. The first-order chi connectivity index (χ1) is 9.18. The Labute approximate surface area is 115 Å². The average molecular weight is 254 g/mol. The van der Waals surface area contributed by atoms with Gasteiger partial charge < -0.3 is 5.32 Å². The van der Waals surface area contributed by atoms with Crippen LogP contribution in [0.5, 0.6) is 0 Å². The highest BCUT2D eigenvalue weighted by Gasteiger charge is 2.15. The fourth-order valence-corrected chi connectivity index (χ4v) is 2.33. The predicted molar refractivity (Wildman–Crippen MR) is 81.5 cm³/mol. The van der Waals surface area contributed by atoms with Crippen LogP contribution in [0, 0.1) is 12.8 Å². The van der Waals surface area contributed by atoms with E-state index in [2.05, 4.69) is 60.5 Å². The minimum absolute atomic E-state index is 0.515. The number of hydrogen-bond donors (Lipinski definition) is 1. The van der Waals surface area contributed by atoms with E-state index in [1.54, 1.807) is 0 Å². The largest absolute Gasteiger partial charge is 0.383 e. The Kier molecular flexibility index (Phi) is 4.56. The Morgan fingerprint density at radius 2 is 1.79 bits per heavy atom. The van der Waals surface area contributed by atoms with Gasteiger partial charge in [0.1, 0.15) is 0 Å². The van der Waals surface area contributed by atoms with Gasteiger partial charge in [0.05, 0.1) is 11.4 Å². The molecule has 1 heterocycles. The summed E-state index contributed by atoms with van der Waals surface area (Å²) in [6.07, 6.45) is 1.83. The Bertz CT molecular complexity index is 506. The van der Waals surface area contributed by atoms with Gasteiger partial charge in [-0.05, 0) is 30.5 Å². The van der Waals surface area contributed by atoms with E-state index in [0.717, 1.165) is 17.9 Å². The lowest BCUT2D eigenvalue weighted by molar-refractivity contribution is 0.517. The van der Waals surface area contributed by atoms with E-state index in [1.165, 1.54) is 5.56 Å². The Morgan fingerprint density at radius 3 is 2.42 bits per heavy atom. The summed E-state index contributed by atoms with van der Waals surface area (Å²) in [5.74, 6) is 1.12. The Hall–Kier alpha value is -1.83. The highest BCUT2D eigenvalue weighted by molar-refractivity contribution is 5.47. The van der Waals surface area contributed by atoms with Gasteiger partial charge in [0.15, 0.2) is 0 Å². The van der Waals surface area contributed by atoms with Crippen molar-refractivity contribution in [2.45, 2.75) is 26.7 Å². The molecule has 0 aliphatic heterocycles. The lowest BCUT2D eigenvalue weighted by Crippen LogP contribution is -2.18. The summed E-state index contributed by atoms with van der Waals surface area (Å²) < 4.78 is 0. The van der Waals surface area contributed by atoms with Crippen LogP contribution in [0.4, 0.5) is 5.69 Å². The quantitative estimate of drug-likeness (QED) is 0.863. The van der Waals surface area contributed by atoms with E-state index in [4.69, 9.17) is 0 Å². The van der Waals surface area contributed by atoms with Gasteiger partial charge in [0, 0.05) is 18.7 Å². The van der Waals surface area contributed by atoms with Crippen LogP contribution in [0.1, 0.15) is 31.0 Å². The van der Waals surface area contributed by atoms with Crippen LogP contribution >= 0.6 is 0 Å². The van der Waals surface area contributed by atoms with Gasteiger partial charge in [-0.1, -0.05) is 44.2 Å². The molecule has 2 nitrogen and oxygen atoms in total. The van der Waals surface area contributed by atoms with Crippen molar-refractivity contribution >= 4 is 5.69 Å². The maximum absolute atomic E-state index is 4.31. The molecule has 0 aliphatic carbocycles. The third kappa shape index (κ3) is 3.57. The van der Waals surface area contributed by atoms with Crippen molar-refractivity contribution in [3.05, 3.63) is 59.9 Å². The molecule has 100 valence electrons. The van der Waals surface area contributed by atoms with Crippen LogP contribution in [-0.2, 0) is 0 Å². The topological polar surface area (TPSA) is 24.9 Å². The standard InChI is InChI=1S/C17H22N2/c1-13(2)16(15-8-5-4-6-9-15)12-19-17-10-7-11-18-14(17)3/h4-11,13,16,19H,12H2,1-3H3. The zero-order chi connectivity index (χ0) is 13.7. The van der Waals surface area contributed by atoms with Gasteiger partial charge in [-0.15, -0.1) is 0 Å². The molecule has 0 saturated heterocycles. The molecule has 2 rings (SSSR count). The summed E-state index contributed by atoms with van der Waals surface area (Å²) in [6.45, 7) is 7.52.